The Morgan fingerprint density at radius 1 is 1.28 bits per heavy atom. The lowest BCUT2D eigenvalue weighted by atomic mass is 9.78. The average molecular weight is 242 g/mol. The van der Waals surface area contributed by atoms with E-state index in [1.807, 2.05) is 0 Å². The number of rotatable bonds is 3. The maximum atomic E-state index is 6.42. The fourth-order valence-electron chi connectivity index (χ4n) is 4.40. The summed E-state index contributed by atoms with van der Waals surface area (Å²) in [7, 11) is 0. The second kappa shape index (κ2) is 4.11. The SMILES string of the molecule is CC(OC1CC2CCC1C2)C1=C2CCC2=C=CC1. The van der Waals surface area contributed by atoms with Crippen molar-refractivity contribution < 1.29 is 4.74 Å². The molecule has 0 aromatic heterocycles. The van der Waals surface area contributed by atoms with Crippen molar-refractivity contribution in [2.45, 2.75) is 64.1 Å². The molecule has 18 heavy (non-hydrogen) atoms. The standard InChI is InChI=1S/C17H22O/c1-11(15-4-2-3-13-7-8-16(13)15)18-17-10-12-5-6-14(17)9-12/h2,11-12,14,17H,4-10H2,1H3. The molecule has 3 saturated carbocycles. The summed E-state index contributed by atoms with van der Waals surface area (Å²) in [6, 6.07) is 0. The Labute approximate surface area is 110 Å². The molecule has 0 aliphatic heterocycles. The van der Waals surface area contributed by atoms with Gasteiger partial charge in [-0.05, 0) is 86.5 Å². The van der Waals surface area contributed by atoms with Crippen LogP contribution in [-0.4, -0.2) is 12.2 Å². The number of fused-ring (bicyclic) bond motifs is 3. The van der Waals surface area contributed by atoms with E-state index in [2.05, 4.69) is 18.7 Å². The van der Waals surface area contributed by atoms with E-state index in [0.717, 1.165) is 18.3 Å². The van der Waals surface area contributed by atoms with Gasteiger partial charge >= 0.3 is 0 Å². The molecule has 3 fully saturated rings. The Morgan fingerprint density at radius 2 is 2.22 bits per heavy atom. The Morgan fingerprint density at radius 3 is 2.89 bits per heavy atom. The molecule has 0 heterocycles. The van der Waals surface area contributed by atoms with E-state index in [1.54, 1.807) is 11.1 Å². The zero-order chi connectivity index (χ0) is 12.1. The van der Waals surface area contributed by atoms with Gasteiger partial charge < -0.3 is 4.74 Å². The van der Waals surface area contributed by atoms with Crippen LogP contribution >= 0.6 is 0 Å². The molecule has 4 unspecified atom stereocenters. The molecule has 1 nitrogen and oxygen atoms in total. The number of hydrogen-bond donors (Lipinski definition) is 0. The van der Waals surface area contributed by atoms with Crippen LogP contribution in [0.3, 0.4) is 0 Å². The zero-order valence-electron chi connectivity index (χ0n) is 11.2. The minimum atomic E-state index is 0.331. The third-order valence-corrected chi connectivity index (χ3v) is 5.52. The summed E-state index contributed by atoms with van der Waals surface area (Å²) >= 11 is 0. The average Bonchev–Trinajstić information content (AvgIpc) is 2.92. The molecule has 2 bridgehead atoms. The summed E-state index contributed by atoms with van der Waals surface area (Å²) < 4.78 is 6.42. The number of ether oxygens (including phenoxy) is 1. The lowest BCUT2D eigenvalue weighted by Crippen LogP contribution is -2.28. The molecule has 0 saturated heterocycles. The summed E-state index contributed by atoms with van der Waals surface area (Å²) in [4.78, 5) is 0. The Balaban J connectivity index is 1.47. The highest BCUT2D eigenvalue weighted by atomic mass is 16.5. The Kier molecular flexibility index (Phi) is 2.53. The van der Waals surface area contributed by atoms with Gasteiger partial charge in [0.2, 0.25) is 0 Å². The molecule has 1 heteroatoms. The van der Waals surface area contributed by atoms with E-state index in [-0.39, 0.29) is 0 Å². The van der Waals surface area contributed by atoms with Crippen molar-refractivity contribution in [3.8, 4) is 0 Å². The summed E-state index contributed by atoms with van der Waals surface area (Å²) in [5.74, 6) is 1.86. The first kappa shape index (κ1) is 11.1. The minimum Gasteiger partial charge on any atom is -0.371 e. The molecule has 0 aromatic rings. The van der Waals surface area contributed by atoms with Crippen molar-refractivity contribution in [3.63, 3.8) is 0 Å². The zero-order valence-corrected chi connectivity index (χ0v) is 11.2. The predicted octanol–water partition coefficient (Wildman–Crippen LogP) is 4.16. The van der Waals surface area contributed by atoms with Crippen LogP contribution in [0.25, 0.3) is 0 Å². The third kappa shape index (κ3) is 1.65. The van der Waals surface area contributed by atoms with Gasteiger partial charge in [-0.1, -0.05) is 0 Å². The smallest absolute Gasteiger partial charge is 0.0770 e. The number of hydrogen-bond acceptors (Lipinski definition) is 1. The largest absolute Gasteiger partial charge is 0.371 e. The van der Waals surface area contributed by atoms with Gasteiger partial charge in [0.15, 0.2) is 0 Å². The normalized spacial score (nSPS) is 38.5. The van der Waals surface area contributed by atoms with Crippen LogP contribution in [0.5, 0.6) is 0 Å². The van der Waals surface area contributed by atoms with Crippen LogP contribution in [0.4, 0.5) is 0 Å². The maximum Gasteiger partial charge on any atom is 0.0770 e. The lowest BCUT2D eigenvalue weighted by molar-refractivity contribution is -0.0158. The highest BCUT2D eigenvalue weighted by Crippen LogP contribution is 2.47. The summed E-state index contributed by atoms with van der Waals surface area (Å²) in [6.07, 6.45) is 12.3. The van der Waals surface area contributed by atoms with Crippen LogP contribution < -0.4 is 0 Å². The van der Waals surface area contributed by atoms with Crippen LogP contribution in [0, 0.1) is 11.8 Å². The molecular weight excluding hydrogens is 220 g/mol. The van der Waals surface area contributed by atoms with Gasteiger partial charge in [0, 0.05) is 0 Å². The van der Waals surface area contributed by atoms with Crippen LogP contribution in [0.15, 0.2) is 28.5 Å². The van der Waals surface area contributed by atoms with Gasteiger partial charge in [-0.3, -0.25) is 0 Å². The summed E-state index contributed by atoms with van der Waals surface area (Å²) in [6.45, 7) is 2.27. The van der Waals surface area contributed by atoms with Gasteiger partial charge in [-0.2, -0.15) is 0 Å². The molecule has 0 aromatic carbocycles. The van der Waals surface area contributed by atoms with Gasteiger partial charge in [-0.25, -0.2) is 0 Å². The molecule has 0 spiro atoms. The molecule has 4 rings (SSSR count). The van der Waals surface area contributed by atoms with E-state index in [4.69, 9.17) is 4.74 Å². The second-order valence-corrected chi connectivity index (χ2v) is 6.53. The molecule has 4 aliphatic rings. The highest BCUT2D eigenvalue weighted by Gasteiger charge is 2.41. The van der Waals surface area contributed by atoms with E-state index in [1.165, 1.54) is 44.1 Å². The van der Waals surface area contributed by atoms with Gasteiger partial charge in [0.05, 0.1) is 12.2 Å². The van der Waals surface area contributed by atoms with E-state index in [9.17, 15) is 0 Å². The van der Waals surface area contributed by atoms with Crippen LogP contribution in [-0.2, 0) is 4.74 Å². The van der Waals surface area contributed by atoms with Gasteiger partial charge in [0.25, 0.3) is 0 Å². The van der Waals surface area contributed by atoms with Gasteiger partial charge in [-0.15, -0.1) is 5.73 Å². The monoisotopic (exact) mass is 242 g/mol. The predicted molar refractivity (Wildman–Crippen MR) is 72.3 cm³/mol. The molecular formula is C17H22O. The maximum absolute atomic E-state index is 6.42. The van der Waals surface area contributed by atoms with Crippen LogP contribution in [0.2, 0.25) is 0 Å². The molecule has 4 aliphatic carbocycles. The van der Waals surface area contributed by atoms with E-state index in [0.29, 0.717) is 12.2 Å². The Bertz CT molecular complexity index is 464. The third-order valence-electron chi connectivity index (χ3n) is 5.52. The van der Waals surface area contributed by atoms with Crippen molar-refractivity contribution in [2.75, 3.05) is 0 Å². The van der Waals surface area contributed by atoms with E-state index >= 15 is 0 Å². The summed E-state index contributed by atoms with van der Waals surface area (Å²) in [5.41, 5.74) is 7.99. The molecule has 96 valence electrons. The summed E-state index contributed by atoms with van der Waals surface area (Å²) in [5, 5.41) is 0. The first-order valence-electron chi connectivity index (χ1n) is 7.63. The first-order valence-corrected chi connectivity index (χ1v) is 7.63. The molecule has 4 atom stereocenters. The van der Waals surface area contributed by atoms with Crippen molar-refractivity contribution in [1.29, 1.82) is 0 Å². The highest BCUT2D eigenvalue weighted by molar-refractivity contribution is 5.47. The fourth-order valence-corrected chi connectivity index (χ4v) is 4.40. The topological polar surface area (TPSA) is 9.23 Å². The van der Waals surface area contributed by atoms with E-state index < -0.39 is 0 Å². The quantitative estimate of drug-likeness (QED) is 0.675. The van der Waals surface area contributed by atoms with Crippen molar-refractivity contribution in [1.82, 2.24) is 0 Å². The molecule has 0 N–H and O–H groups in total. The number of allylic oxidation sites excluding steroid dienone is 2. The van der Waals surface area contributed by atoms with Crippen molar-refractivity contribution in [3.05, 3.63) is 28.5 Å². The molecule has 0 amide bonds. The van der Waals surface area contributed by atoms with Gasteiger partial charge in [0.1, 0.15) is 0 Å². The fraction of sp³-hybridized carbons (Fsp3) is 0.706. The molecule has 0 radical (unpaired) electrons. The van der Waals surface area contributed by atoms with Crippen LogP contribution in [0.1, 0.15) is 51.9 Å². The first-order chi connectivity index (χ1) is 8.81. The second-order valence-electron chi connectivity index (χ2n) is 6.53. The van der Waals surface area contributed by atoms with Crippen molar-refractivity contribution >= 4 is 0 Å². The lowest BCUT2D eigenvalue weighted by Gasteiger charge is -2.32. The minimum absolute atomic E-state index is 0.331. The Hall–Kier alpha value is -0.780. The van der Waals surface area contributed by atoms with Crippen molar-refractivity contribution in [2.24, 2.45) is 11.8 Å².